The van der Waals surface area contributed by atoms with E-state index in [1.54, 1.807) is 0 Å². The van der Waals surface area contributed by atoms with Gasteiger partial charge in [0.15, 0.2) is 13.2 Å². The average Bonchev–Trinajstić information content (AvgIpc) is 2.34. The van der Waals surface area contributed by atoms with E-state index in [4.69, 9.17) is 10.2 Å². The molecular weight excluding hydrogens is 270 g/mol. The molecule has 2 N–H and O–H groups in total. The monoisotopic (exact) mass is 286 g/mol. The van der Waals surface area contributed by atoms with E-state index in [-0.39, 0.29) is 13.2 Å². The van der Waals surface area contributed by atoms with Gasteiger partial charge in [0, 0.05) is 13.8 Å². The van der Waals surface area contributed by atoms with Crippen molar-refractivity contribution in [2.45, 2.75) is 19.8 Å². The quantitative estimate of drug-likeness (QED) is 0.620. The molecule has 0 atom stereocenters. The topological polar surface area (TPSA) is 110 Å². The van der Waals surface area contributed by atoms with Crippen molar-refractivity contribution in [1.82, 2.24) is 0 Å². The number of hydrogen-bond donors (Lipinski definition) is 2. The Morgan fingerprint density at radius 2 is 1.26 bits per heavy atom. The fourth-order valence-corrected chi connectivity index (χ4v) is 0.456. The number of carbonyl (C=O) groups excluding carboxylic acids is 3. The number of ether oxygens (including phenoxy) is 2. The summed E-state index contributed by atoms with van der Waals surface area (Å²) in [7, 11) is 0. The van der Waals surface area contributed by atoms with Crippen LogP contribution in [0.2, 0.25) is 0 Å². The van der Waals surface area contributed by atoms with Crippen molar-refractivity contribution < 1.29 is 42.9 Å². The summed E-state index contributed by atoms with van der Waals surface area (Å²) in [5, 5.41) is 15.4. The average molecular weight is 286 g/mol. The van der Waals surface area contributed by atoms with Crippen LogP contribution in [-0.2, 0) is 23.9 Å². The van der Waals surface area contributed by atoms with Gasteiger partial charge < -0.3 is 19.7 Å². The van der Waals surface area contributed by atoms with Crippen LogP contribution in [0.3, 0.4) is 0 Å². The lowest BCUT2D eigenvalue weighted by Crippen LogP contribution is -2.25. The molecule has 7 nitrogen and oxygen atoms in total. The number of Topliss-reactive ketones (excluding diaryl/α,β-unsaturated/α-hetero) is 1. The lowest BCUT2D eigenvalue weighted by molar-refractivity contribution is -0.150. The second-order valence-corrected chi connectivity index (χ2v) is 3.27. The number of carbonyl (C=O) groups is 3. The number of esters is 2. The number of ketones is 1. The van der Waals surface area contributed by atoms with Crippen molar-refractivity contribution in [1.29, 1.82) is 0 Å². The van der Waals surface area contributed by atoms with Crippen molar-refractivity contribution in [3.05, 3.63) is 0 Å². The van der Waals surface area contributed by atoms with E-state index in [2.05, 4.69) is 9.47 Å². The van der Waals surface area contributed by atoms with Gasteiger partial charge in [0.25, 0.3) is 5.92 Å². The third kappa shape index (κ3) is 16.4. The van der Waals surface area contributed by atoms with Crippen LogP contribution in [0.4, 0.5) is 8.78 Å². The molecule has 0 aliphatic heterocycles. The lowest BCUT2D eigenvalue weighted by Gasteiger charge is -2.06. The third-order valence-corrected chi connectivity index (χ3v) is 1.34. The van der Waals surface area contributed by atoms with Crippen LogP contribution in [0.1, 0.15) is 13.8 Å². The first kappa shape index (κ1) is 19.7. The van der Waals surface area contributed by atoms with Crippen molar-refractivity contribution >= 4 is 17.7 Å². The van der Waals surface area contributed by atoms with E-state index in [0.29, 0.717) is 0 Å². The maximum absolute atomic E-state index is 11.4. The summed E-state index contributed by atoms with van der Waals surface area (Å²) in [5.41, 5.74) is 0. The van der Waals surface area contributed by atoms with Gasteiger partial charge in [-0.05, 0) is 0 Å². The SMILES string of the molecule is CC(=O)OCC(=O)COC(C)=O.OCC(F)(F)CO. The van der Waals surface area contributed by atoms with E-state index >= 15 is 0 Å². The minimum absolute atomic E-state index is 0.345. The second kappa shape index (κ2) is 10.3. The predicted molar refractivity (Wildman–Crippen MR) is 57.4 cm³/mol. The molecule has 0 aliphatic carbocycles. The number of hydrogen-bond acceptors (Lipinski definition) is 7. The van der Waals surface area contributed by atoms with E-state index in [0.717, 1.165) is 0 Å². The number of halogens is 2. The highest BCUT2D eigenvalue weighted by Gasteiger charge is 2.25. The minimum atomic E-state index is -3.31. The van der Waals surface area contributed by atoms with Crippen molar-refractivity contribution in [3.8, 4) is 0 Å². The summed E-state index contributed by atoms with van der Waals surface area (Å²) in [4.78, 5) is 31.1. The summed E-state index contributed by atoms with van der Waals surface area (Å²) >= 11 is 0. The summed E-state index contributed by atoms with van der Waals surface area (Å²) < 4.78 is 31.5. The van der Waals surface area contributed by atoms with Gasteiger partial charge in [0.2, 0.25) is 5.78 Å². The molecule has 0 unspecified atom stereocenters. The molecular formula is C10H16F2O7. The molecule has 19 heavy (non-hydrogen) atoms. The van der Waals surface area contributed by atoms with Gasteiger partial charge in [-0.2, -0.15) is 0 Å². The Bertz CT molecular complexity index is 278. The molecule has 0 saturated heterocycles. The van der Waals surface area contributed by atoms with Crippen LogP contribution in [-0.4, -0.2) is 60.3 Å². The van der Waals surface area contributed by atoms with Crippen molar-refractivity contribution in [2.24, 2.45) is 0 Å². The molecule has 0 aromatic heterocycles. The molecule has 0 saturated carbocycles. The molecule has 0 aliphatic rings. The lowest BCUT2D eigenvalue weighted by atomic mass is 10.4. The molecule has 0 fully saturated rings. The first-order valence-corrected chi connectivity index (χ1v) is 5.02. The summed E-state index contributed by atoms with van der Waals surface area (Å²) in [6.07, 6.45) is 0. The maximum Gasteiger partial charge on any atom is 0.303 e. The van der Waals surface area contributed by atoms with Crippen LogP contribution < -0.4 is 0 Å². The molecule has 0 aromatic carbocycles. The van der Waals surface area contributed by atoms with Crippen LogP contribution in [0.25, 0.3) is 0 Å². The fraction of sp³-hybridized carbons (Fsp3) is 0.700. The van der Waals surface area contributed by atoms with Gasteiger partial charge in [0.05, 0.1) is 0 Å². The molecule has 0 amide bonds. The van der Waals surface area contributed by atoms with E-state index < -0.39 is 36.9 Å². The highest BCUT2D eigenvalue weighted by molar-refractivity contribution is 5.84. The Labute approximate surface area is 108 Å². The number of aliphatic hydroxyl groups is 2. The van der Waals surface area contributed by atoms with Gasteiger partial charge in [-0.1, -0.05) is 0 Å². The summed E-state index contributed by atoms with van der Waals surface area (Å²) in [6.45, 7) is -0.879. The molecule has 0 radical (unpaired) electrons. The highest BCUT2D eigenvalue weighted by atomic mass is 19.3. The molecule has 112 valence electrons. The van der Waals surface area contributed by atoms with Gasteiger partial charge in [-0.15, -0.1) is 0 Å². The zero-order valence-electron chi connectivity index (χ0n) is 10.5. The molecule has 9 heteroatoms. The first-order chi connectivity index (χ1) is 8.64. The van der Waals surface area contributed by atoms with Crippen molar-refractivity contribution in [3.63, 3.8) is 0 Å². The fourth-order valence-electron chi connectivity index (χ4n) is 0.456. The standard InChI is InChI=1S/C7H10O5.C3H6F2O2/c1-5(8)11-3-7(10)4-12-6(2)9;4-3(5,1-6)2-7/h3-4H2,1-2H3;6-7H,1-2H2. The van der Waals surface area contributed by atoms with Crippen LogP contribution in [0.5, 0.6) is 0 Å². The van der Waals surface area contributed by atoms with E-state index in [9.17, 15) is 23.2 Å². The Kier molecular flexibility index (Phi) is 10.7. The molecule has 0 heterocycles. The van der Waals surface area contributed by atoms with Gasteiger partial charge in [-0.3, -0.25) is 14.4 Å². The number of aliphatic hydroxyl groups excluding tert-OH is 2. The number of rotatable bonds is 6. The summed E-state index contributed by atoms with van der Waals surface area (Å²) in [5.74, 6) is -4.82. The van der Waals surface area contributed by atoms with Gasteiger partial charge >= 0.3 is 11.9 Å². The van der Waals surface area contributed by atoms with E-state index in [1.165, 1.54) is 13.8 Å². The smallest absolute Gasteiger partial charge is 0.303 e. The Hall–Kier alpha value is -1.61. The van der Waals surface area contributed by atoms with Crippen molar-refractivity contribution in [2.75, 3.05) is 26.4 Å². The molecule has 0 aromatic rings. The minimum Gasteiger partial charge on any atom is -0.458 e. The Balaban J connectivity index is 0. The molecule has 0 spiro atoms. The number of alkyl halides is 2. The predicted octanol–water partition coefficient (Wildman–Crippen LogP) is -0.712. The normalized spacial score (nSPS) is 10.0. The maximum atomic E-state index is 11.4. The molecule has 0 rings (SSSR count). The Morgan fingerprint density at radius 1 is 0.947 bits per heavy atom. The van der Waals surface area contributed by atoms with Gasteiger partial charge in [-0.25, -0.2) is 8.78 Å². The van der Waals surface area contributed by atoms with Crippen LogP contribution in [0.15, 0.2) is 0 Å². The van der Waals surface area contributed by atoms with E-state index in [1.807, 2.05) is 0 Å². The second-order valence-electron chi connectivity index (χ2n) is 3.27. The zero-order valence-corrected chi connectivity index (χ0v) is 10.5. The third-order valence-electron chi connectivity index (χ3n) is 1.34. The zero-order chi connectivity index (χ0) is 15.5. The Morgan fingerprint density at radius 3 is 1.42 bits per heavy atom. The van der Waals surface area contributed by atoms with Gasteiger partial charge in [0.1, 0.15) is 13.2 Å². The first-order valence-electron chi connectivity index (χ1n) is 5.02. The largest absolute Gasteiger partial charge is 0.458 e. The highest BCUT2D eigenvalue weighted by Crippen LogP contribution is 2.08. The van der Waals surface area contributed by atoms with Crippen LogP contribution >= 0.6 is 0 Å². The molecule has 0 bridgehead atoms. The summed E-state index contributed by atoms with van der Waals surface area (Å²) in [6, 6.07) is 0. The van der Waals surface area contributed by atoms with Crippen LogP contribution in [0, 0.1) is 0 Å².